The summed E-state index contributed by atoms with van der Waals surface area (Å²) in [5.74, 6) is 7.00. The number of ether oxygens (including phenoxy) is 1. The number of aliphatic imine (C=N–C) groups is 2. The van der Waals surface area contributed by atoms with Gasteiger partial charge >= 0.3 is 0 Å². The van der Waals surface area contributed by atoms with Gasteiger partial charge in [-0.3, -0.25) is 9.69 Å². The zero-order valence-electron chi connectivity index (χ0n) is 25.0. The highest BCUT2D eigenvalue weighted by atomic mass is 16.5. The Morgan fingerprint density at radius 3 is 2.98 bits per heavy atom. The van der Waals surface area contributed by atoms with Gasteiger partial charge in [0.2, 0.25) is 5.96 Å². The molecule has 2 heterocycles. The van der Waals surface area contributed by atoms with Gasteiger partial charge in [-0.2, -0.15) is 0 Å². The smallest absolute Gasteiger partial charge is 0.298 e. The van der Waals surface area contributed by atoms with Gasteiger partial charge in [-0.05, 0) is 94.6 Å². The summed E-state index contributed by atoms with van der Waals surface area (Å²) in [4.78, 5) is 25.2. The number of likely N-dealkylation sites (N-methyl/N-ethyl adjacent to an activating group) is 1. The zero-order chi connectivity index (χ0) is 29.7. The van der Waals surface area contributed by atoms with E-state index in [2.05, 4.69) is 76.5 Å². The topological polar surface area (TPSA) is 81.6 Å². The number of fused-ring (bicyclic) bond motifs is 4. The number of carbonyl (C=O) groups excluding carboxylic acids is 1. The summed E-state index contributed by atoms with van der Waals surface area (Å²) >= 11 is 0. The van der Waals surface area contributed by atoms with Crippen molar-refractivity contribution in [1.29, 1.82) is 0 Å². The summed E-state index contributed by atoms with van der Waals surface area (Å²) in [6.07, 6.45) is 9.15. The number of hydrogen-bond donors (Lipinski definition) is 2. The normalized spacial score (nSPS) is 20.9. The number of likely N-dealkylation sites (tertiary alicyclic amines) is 1. The SMILES string of the molecule is C=N/C1=N\C(=C/C)c2cccc(c2)OCC/C=C/CN(C)Cc2cc(NCCC3CCN(C(=O)C#CC)C3)cc(c2)N1. The highest BCUT2D eigenvalue weighted by Gasteiger charge is 2.24. The number of hydrogen-bond acceptors (Lipinski definition) is 7. The molecule has 8 nitrogen and oxygen atoms in total. The van der Waals surface area contributed by atoms with E-state index in [1.54, 1.807) is 6.92 Å². The van der Waals surface area contributed by atoms with Crippen molar-refractivity contribution < 1.29 is 9.53 Å². The van der Waals surface area contributed by atoms with Crippen molar-refractivity contribution in [3.8, 4) is 17.6 Å². The summed E-state index contributed by atoms with van der Waals surface area (Å²) in [7, 11) is 2.12. The predicted octanol–water partition coefficient (Wildman–Crippen LogP) is 5.66. The number of anilines is 2. The lowest BCUT2D eigenvalue weighted by Crippen LogP contribution is -2.27. The van der Waals surface area contributed by atoms with E-state index in [0.29, 0.717) is 18.5 Å². The van der Waals surface area contributed by atoms with Gasteiger partial charge in [0.05, 0.1) is 12.3 Å². The molecule has 2 N–H and O–H groups in total. The Bertz CT molecular complexity index is 1400. The summed E-state index contributed by atoms with van der Waals surface area (Å²) in [6.45, 7) is 12.0. The molecule has 2 aromatic rings. The molecule has 0 aromatic heterocycles. The number of amides is 1. The minimum absolute atomic E-state index is 0.0667. The minimum Gasteiger partial charge on any atom is -0.493 e. The zero-order valence-corrected chi connectivity index (χ0v) is 25.0. The first-order valence-corrected chi connectivity index (χ1v) is 14.6. The van der Waals surface area contributed by atoms with Crippen molar-refractivity contribution >= 4 is 35.7 Å². The minimum atomic E-state index is -0.0667. The fourth-order valence-corrected chi connectivity index (χ4v) is 5.20. The van der Waals surface area contributed by atoms with Crippen LogP contribution in [0, 0.1) is 17.8 Å². The molecule has 4 bridgehead atoms. The molecule has 1 saturated heterocycles. The van der Waals surface area contributed by atoms with Crippen LogP contribution < -0.4 is 15.4 Å². The molecule has 4 rings (SSSR count). The number of benzene rings is 2. The molecule has 1 unspecified atom stereocenters. The van der Waals surface area contributed by atoms with E-state index < -0.39 is 0 Å². The third-order valence-corrected chi connectivity index (χ3v) is 7.30. The predicted molar refractivity (Wildman–Crippen MR) is 174 cm³/mol. The Kier molecular flexibility index (Phi) is 11.4. The van der Waals surface area contributed by atoms with E-state index >= 15 is 0 Å². The number of rotatable bonds is 4. The molecule has 1 atom stereocenters. The Labute approximate surface area is 250 Å². The first-order chi connectivity index (χ1) is 20.5. The molecule has 2 aromatic carbocycles. The third-order valence-electron chi connectivity index (χ3n) is 7.30. The largest absolute Gasteiger partial charge is 0.493 e. The first-order valence-electron chi connectivity index (χ1n) is 14.6. The van der Waals surface area contributed by atoms with Crippen molar-refractivity contribution in [2.24, 2.45) is 15.9 Å². The molecule has 8 heteroatoms. The molecular formula is C34H42N6O2. The fourth-order valence-electron chi connectivity index (χ4n) is 5.20. The maximum absolute atomic E-state index is 12.1. The Morgan fingerprint density at radius 2 is 2.17 bits per heavy atom. The van der Waals surface area contributed by atoms with Crippen LogP contribution in [-0.4, -0.2) is 68.2 Å². The summed E-state index contributed by atoms with van der Waals surface area (Å²) in [5, 5.41) is 7.00. The molecule has 0 aliphatic carbocycles. The molecule has 220 valence electrons. The fraction of sp³-hybridized carbons (Fsp3) is 0.382. The molecule has 2 aliphatic heterocycles. The average Bonchev–Trinajstić information content (AvgIpc) is 3.46. The Morgan fingerprint density at radius 1 is 1.29 bits per heavy atom. The lowest BCUT2D eigenvalue weighted by molar-refractivity contribution is -0.124. The van der Waals surface area contributed by atoms with E-state index in [1.165, 1.54) is 5.56 Å². The number of nitrogens with zero attached hydrogens (tertiary/aromatic N) is 4. The number of guanidine groups is 1. The molecule has 0 radical (unpaired) electrons. The van der Waals surface area contributed by atoms with Crippen molar-refractivity contribution in [1.82, 2.24) is 9.80 Å². The maximum Gasteiger partial charge on any atom is 0.298 e. The second-order valence-corrected chi connectivity index (χ2v) is 10.6. The van der Waals surface area contributed by atoms with Gasteiger partial charge < -0.3 is 20.3 Å². The van der Waals surface area contributed by atoms with Crippen LogP contribution in [0.1, 0.15) is 44.2 Å². The van der Waals surface area contributed by atoms with Crippen LogP contribution >= 0.6 is 0 Å². The standard InChI is InChI=1S/C34H42N6O2/c1-5-11-33(41)40-18-15-26(25-40)14-16-36-29-20-27-21-30(23-29)37-34(35-3)38-32(6-2)28-12-10-13-31(22-28)42-19-9-7-8-17-39(4)24-27/h6-8,10,12-13,20-23,26,36H,3,9,14-19,24-25H2,1-2,4H3,(H,37,38)/b8-7+,32-6-. The summed E-state index contributed by atoms with van der Waals surface area (Å²) in [5.41, 5.74) is 4.80. The van der Waals surface area contributed by atoms with Crippen LogP contribution in [0.5, 0.6) is 5.75 Å². The monoisotopic (exact) mass is 566 g/mol. The third kappa shape index (κ3) is 9.08. The van der Waals surface area contributed by atoms with Crippen molar-refractivity contribution in [3.63, 3.8) is 0 Å². The molecule has 0 saturated carbocycles. The van der Waals surface area contributed by atoms with E-state index in [-0.39, 0.29) is 5.91 Å². The van der Waals surface area contributed by atoms with Crippen LogP contribution in [0.4, 0.5) is 11.4 Å². The van der Waals surface area contributed by atoms with Crippen LogP contribution in [0.3, 0.4) is 0 Å². The number of allylic oxidation sites excluding steroid dienone is 1. The molecule has 42 heavy (non-hydrogen) atoms. The lowest BCUT2D eigenvalue weighted by atomic mass is 10.1. The van der Waals surface area contributed by atoms with Gasteiger partial charge in [0, 0.05) is 49.7 Å². The summed E-state index contributed by atoms with van der Waals surface area (Å²) < 4.78 is 5.98. The molecule has 0 spiro atoms. The van der Waals surface area contributed by atoms with E-state index in [4.69, 9.17) is 9.73 Å². The second kappa shape index (κ2) is 15.6. The van der Waals surface area contributed by atoms with Crippen LogP contribution in [0.25, 0.3) is 5.70 Å². The number of carbonyl (C=O) groups is 1. The first kappa shape index (κ1) is 30.6. The van der Waals surface area contributed by atoms with E-state index in [9.17, 15) is 4.79 Å². The molecule has 1 amide bonds. The van der Waals surface area contributed by atoms with Crippen LogP contribution in [0.15, 0.2) is 70.7 Å². The van der Waals surface area contributed by atoms with Gasteiger partial charge in [-0.1, -0.05) is 36.3 Å². The van der Waals surface area contributed by atoms with Gasteiger partial charge in [0.15, 0.2) is 0 Å². The molecule has 1 fully saturated rings. The molecular weight excluding hydrogens is 524 g/mol. The van der Waals surface area contributed by atoms with E-state index in [0.717, 1.165) is 80.4 Å². The maximum atomic E-state index is 12.1. The van der Waals surface area contributed by atoms with Crippen molar-refractivity contribution in [3.05, 3.63) is 71.8 Å². The Hall–Kier alpha value is -4.35. The van der Waals surface area contributed by atoms with Crippen molar-refractivity contribution in [2.75, 3.05) is 50.5 Å². The van der Waals surface area contributed by atoms with E-state index in [1.807, 2.05) is 42.2 Å². The highest BCUT2D eigenvalue weighted by Crippen LogP contribution is 2.25. The summed E-state index contributed by atoms with van der Waals surface area (Å²) in [6, 6.07) is 14.4. The van der Waals surface area contributed by atoms with Crippen molar-refractivity contribution in [2.45, 2.75) is 39.7 Å². The van der Waals surface area contributed by atoms with Crippen LogP contribution in [0.2, 0.25) is 0 Å². The second-order valence-electron chi connectivity index (χ2n) is 10.6. The van der Waals surface area contributed by atoms with Gasteiger partial charge in [0.25, 0.3) is 5.91 Å². The van der Waals surface area contributed by atoms with Gasteiger partial charge in [-0.15, -0.1) is 0 Å². The average molecular weight is 567 g/mol. The Balaban J connectivity index is 1.53. The molecule has 2 aliphatic rings. The van der Waals surface area contributed by atoms with Crippen LogP contribution in [-0.2, 0) is 11.3 Å². The lowest BCUT2D eigenvalue weighted by Gasteiger charge is -2.18. The quantitative estimate of drug-likeness (QED) is 0.284. The number of nitrogens with one attached hydrogen (secondary N) is 2. The highest BCUT2D eigenvalue weighted by molar-refractivity contribution is 6.00. The van der Waals surface area contributed by atoms with Gasteiger partial charge in [0.1, 0.15) is 5.75 Å². The van der Waals surface area contributed by atoms with Gasteiger partial charge in [-0.25, -0.2) is 9.98 Å².